The maximum Gasteiger partial charge on any atom is 0.120 e. The number of thiol groups is 1. The predicted molar refractivity (Wildman–Crippen MR) is 55.3 cm³/mol. The zero-order chi connectivity index (χ0) is 8.81. The summed E-state index contributed by atoms with van der Waals surface area (Å²) in [5, 5.41) is 3.21. The molecule has 0 spiro atoms. The van der Waals surface area contributed by atoms with Crippen LogP contribution < -0.4 is 10.1 Å². The summed E-state index contributed by atoms with van der Waals surface area (Å²) in [6.45, 7) is 0.871. The van der Waals surface area contributed by atoms with E-state index in [1.54, 1.807) is 7.11 Å². The maximum atomic E-state index is 5.08. The first-order valence-electron chi connectivity index (χ1n) is 3.85. The van der Waals surface area contributed by atoms with E-state index in [0.29, 0.717) is 0 Å². The molecule has 0 saturated heterocycles. The molecule has 0 amide bonds. The molecule has 1 rings (SSSR count). The van der Waals surface area contributed by atoms with Crippen LogP contribution in [0.25, 0.3) is 0 Å². The lowest BCUT2D eigenvalue weighted by molar-refractivity contribution is 0.415. The first-order chi connectivity index (χ1) is 5.86. The highest BCUT2D eigenvalue weighted by atomic mass is 32.1. The molecule has 0 bridgehead atoms. The van der Waals surface area contributed by atoms with Crippen LogP contribution in [0.4, 0.5) is 5.69 Å². The molecule has 1 N–H and O–H groups in total. The Labute approximate surface area is 78.3 Å². The van der Waals surface area contributed by atoms with Gasteiger partial charge in [-0.15, -0.1) is 0 Å². The summed E-state index contributed by atoms with van der Waals surface area (Å²) >= 11 is 4.11. The van der Waals surface area contributed by atoms with Gasteiger partial charge >= 0.3 is 0 Å². The Hall–Kier alpha value is -0.830. The second-order valence-electron chi connectivity index (χ2n) is 2.38. The fourth-order valence-corrected chi connectivity index (χ4v) is 1.05. The van der Waals surface area contributed by atoms with Gasteiger partial charge in [-0.05, 0) is 12.1 Å². The molecule has 66 valence electrons. The Morgan fingerprint density at radius 3 is 3.00 bits per heavy atom. The molecule has 2 nitrogen and oxygen atoms in total. The Morgan fingerprint density at radius 1 is 1.50 bits per heavy atom. The van der Waals surface area contributed by atoms with Gasteiger partial charge in [-0.2, -0.15) is 12.6 Å². The lowest BCUT2D eigenvalue weighted by Gasteiger charge is -2.05. The van der Waals surface area contributed by atoms with Crippen molar-refractivity contribution in [2.75, 3.05) is 24.7 Å². The zero-order valence-electron chi connectivity index (χ0n) is 7.08. The molecule has 1 aromatic carbocycles. The van der Waals surface area contributed by atoms with E-state index in [0.717, 1.165) is 23.7 Å². The number of nitrogens with one attached hydrogen (secondary N) is 1. The number of hydrogen-bond acceptors (Lipinski definition) is 3. The van der Waals surface area contributed by atoms with Gasteiger partial charge < -0.3 is 10.1 Å². The standard InChI is InChI=1S/C9H13NOS/c1-11-9-4-2-3-8(7-9)10-5-6-12/h2-4,7,10,12H,5-6H2,1H3. The number of ether oxygens (including phenoxy) is 1. The van der Waals surface area contributed by atoms with Crippen molar-refractivity contribution < 1.29 is 4.74 Å². The summed E-state index contributed by atoms with van der Waals surface area (Å²) in [4.78, 5) is 0. The number of methoxy groups -OCH3 is 1. The van der Waals surface area contributed by atoms with E-state index >= 15 is 0 Å². The Bertz CT molecular complexity index is 240. The number of benzene rings is 1. The number of hydrogen-bond donors (Lipinski definition) is 2. The molecule has 1 aromatic rings. The molecule has 0 saturated carbocycles. The van der Waals surface area contributed by atoms with E-state index in [4.69, 9.17) is 4.74 Å². The maximum absolute atomic E-state index is 5.08. The van der Waals surface area contributed by atoms with Crippen LogP contribution in [0.3, 0.4) is 0 Å². The summed E-state index contributed by atoms with van der Waals surface area (Å²) in [6, 6.07) is 7.85. The Kier molecular flexibility index (Phi) is 3.80. The fourth-order valence-electron chi connectivity index (χ4n) is 0.933. The SMILES string of the molecule is COc1cccc(NCCS)c1. The van der Waals surface area contributed by atoms with Crippen molar-refractivity contribution in [2.24, 2.45) is 0 Å². The summed E-state index contributed by atoms with van der Waals surface area (Å²) in [5.41, 5.74) is 1.07. The second-order valence-corrected chi connectivity index (χ2v) is 2.83. The van der Waals surface area contributed by atoms with Crippen LogP contribution in [0.5, 0.6) is 5.75 Å². The summed E-state index contributed by atoms with van der Waals surface area (Å²) < 4.78 is 5.08. The van der Waals surface area contributed by atoms with E-state index in [2.05, 4.69) is 17.9 Å². The van der Waals surface area contributed by atoms with Gasteiger partial charge in [0.25, 0.3) is 0 Å². The third kappa shape index (κ3) is 2.66. The number of anilines is 1. The molecule has 0 unspecified atom stereocenters. The molecule has 0 aromatic heterocycles. The van der Waals surface area contributed by atoms with Gasteiger partial charge in [0.15, 0.2) is 0 Å². The highest BCUT2D eigenvalue weighted by molar-refractivity contribution is 7.80. The van der Waals surface area contributed by atoms with Crippen molar-refractivity contribution >= 4 is 18.3 Å². The third-order valence-corrected chi connectivity index (χ3v) is 1.73. The van der Waals surface area contributed by atoms with Crippen molar-refractivity contribution in [1.29, 1.82) is 0 Å². The lowest BCUT2D eigenvalue weighted by atomic mass is 10.3. The van der Waals surface area contributed by atoms with Crippen LogP contribution in [0.1, 0.15) is 0 Å². The van der Waals surface area contributed by atoms with Crippen LogP contribution in [-0.2, 0) is 0 Å². The van der Waals surface area contributed by atoms with Gasteiger partial charge in [0.2, 0.25) is 0 Å². The zero-order valence-corrected chi connectivity index (χ0v) is 7.97. The Balaban J connectivity index is 2.60. The van der Waals surface area contributed by atoms with Gasteiger partial charge in [-0.25, -0.2) is 0 Å². The van der Waals surface area contributed by atoms with Gasteiger partial charge in [0.05, 0.1) is 7.11 Å². The van der Waals surface area contributed by atoms with Crippen molar-refractivity contribution in [3.8, 4) is 5.75 Å². The van der Waals surface area contributed by atoms with Gasteiger partial charge in [0, 0.05) is 24.1 Å². The topological polar surface area (TPSA) is 21.3 Å². The van der Waals surface area contributed by atoms with E-state index in [1.807, 2.05) is 24.3 Å². The Morgan fingerprint density at radius 2 is 2.33 bits per heavy atom. The highest BCUT2D eigenvalue weighted by Crippen LogP contribution is 2.16. The van der Waals surface area contributed by atoms with E-state index < -0.39 is 0 Å². The molecule has 0 aliphatic heterocycles. The predicted octanol–water partition coefficient (Wildman–Crippen LogP) is 2.04. The largest absolute Gasteiger partial charge is 0.497 e. The van der Waals surface area contributed by atoms with Crippen LogP contribution in [0.15, 0.2) is 24.3 Å². The van der Waals surface area contributed by atoms with Crippen molar-refractivity contribution in [3.05, 3.63) is 24.3 Å². The van der Waals surface area contributed by atoms with Crippen LogP contribution in [0.2, 0.25) is 0 Å². The van der Waals surface area contributed by atoms with E-state index in [1.165, 1.54) is 0 Å². The average Bonchev–Trinajstić information content (AvgIpc) is 2.15. The minimum absolute atomic E-state index is 0.831. The van der Waals surface area contributed by atoms with Crippen molar-refractivity contribution in [1.82, 2.24) is 0 Å². The molecule has 12 heavy (non-hydrogen) atoms. The number of rotatable bonds is 4. The van der Waals surface area contributed by atoms with Crippen LogP contribution >= 0.6 is 12.6 Å². The second kappa shape index (κ2) is 4.93. The minimum atomic E-state index is 0.831. The third-order valence-electron chi connectivity index (χ3n) is 1.51. The molecule has 0 fully saturated rings. The molecular weight excluding hydrogens is 170 g/mol. The summed E-state index contributed by atoms with van der Waals surface area (Å²) in [5.74, 6) is 1.70. The fraction of sp³-hybridized carbons (Fsp3) is 0.333. The highest BCUT2D eigenvalue weighted by Gasteiger charge is 1.92. The smallest absolute Gasteiger partial charge is 0.120 e. The van der Waals surface area contributed by atoms with Crippen molar-refractivity contribution in [2.45, 2.75) is 0 Å². The molecule has 0 aliphatic carbocycles. The van der Waals surface area contributed by atoms with E-state index in [9.17, 15) is 0 Å². The molecule has 0 aliphatic rings. The normalized spacial score (nSPS) is 9.50. The van der Waals surface area contributed by atoms with E-state index in [-0.39, 0.29) is 0 Å². The summed E-state index contributed by atoms with van der Waals surface area (Å²) in [6.07, 6.45) is 0. The van der Waals surface area contributed by atoms with Crippen molar-refractivity contribution in [3.63, 3.8) is 0 Å². The first kappa shape index (κ1) is 9.26. The summed E-state index contributed by atoms with van der Waals surface area (Å²) in [7, 11) is 1.66. The van der Waals surface area contributed by atoms with Gasteiger partial charge in [-0.1, -0.05) is 6.07 Å². The monoisotopic (exact) mass is 183 g/mol. The lowest BCUT2D eigenvalue weighted by Crippen LogP contribution is -2.02. The molecule has 3 heteroatoms. The quantitative estimate of drug-likeness (QED) is 0.697. The molecule has 0 atom stereocenters. The van der Waals surface area contributed by atoms with Gasteiger partial charge in [-0.3, -0.25) is 0 Å². The van der Waals surface area contributed by atoms with Crippen LogP contribution in [0, 0.1) is 0 Å². The molecular formula is C9H13NOS. The average molecular weight is 183 g/mol. The minimum Gasteiger partial charge on any atom is -0.497 e. The molecule has 0 heterocycles. The first-order valence-corrected chi connectivity index (χ1v) is 4.49. The van der Waals surface area contributed by atoms with Gasteiger partial charge in [0.1, 0.15) is 5.75 Å². The van der Waals surface area contributed by atoms with Crippen LogP contribution in [-0.4, -0.2) is 19.4 Å². The molecule has 0 radical (unpaired) electrons.